The molecule has 80 valence electrons. The summed E-state index contributed by atoms with van der Waals surface area (Å²) in [4.78, 5) is 33.5. The third-order valence-corrected chi connectivity index (χ3v) is 2.25. The zero-order chi connectivity index (χ0) is 11.5. The Morgan fingerprint density at radius 3 is 2.38 bits per heavy atom. The molecule has 0 aromatic heterocycles. The molecule has 2 rings (SSSR count). The van der Waals surface area contributed by atoms with Gasteiger partial charge in [0, 0.05) is 17.7 Å². The Labute approximate surface area is 92.0 Å². The van der Waals surface area contributed by atoms with Gasteiger partial charge in [0.05, 0.1) is 0 Å². The molecule has 0 atom stereocenters. The lowest BCUT2D eigenvalue weighted by atomic mass is 10.2. The molecule has 0 saturated heterocycles. The van der Waals surface area contributed by atoms with Crippen molar-refractivity contribution < 1.29 is 14.4 Å². The minimum Gasteiger partial charge on any atom is -0.322 e. The van der Waals surface area contributed by atoms with E-state index in [4.69, 9.17) is 0 Å². The third-order valence-electron chi connectivity index (χ3n) is 2.25. The van der Waals surface area contributed by atoms with E-state index in [-0.39, 0.29) is 12.0 Å². The Hall–Kier alpha value is -2.23. The fraction of sp³-hybridized carbons (Fsp3) is 0.0833. The summed E-state index contributed by atoms with van der Waals surface area (Å²) in [6, 6.07) is 8.87. The van der Waals surface area contributed by atoms with Gasteiger partial charge in [0.15, 0.2) is 0 Å². The van der Waals surface area contributed by atoms with Crippen molar-refractivity contribution in [2.24, 2.45) is 0 Å². The molecule has 1 aromatic carbocycles. The zero-order valence-electron chi connectivity index (χ0n) is 8.40. The van der Waals surface area contributed by atoms with Gasteiger partial charge >= 0.3 is 0 Å². The molecule has 0 bridgehead atoms. The highest BCUT2D eigenvalue weighted by Gasteiger charge is 2.26. The van der Waals surface area contributed by atoms with Gasteiger partial charge in [-0.2, -0.15) is 0 Å². The summed E-state index contributed by atoms with van der Waals surface area (Å²) in [5, 5.41) is 2.61. The molecule has 16 heavy (non-hydrogen) atoms. The highest BCUT2D eigenvalue weighted by atomic mass is 16.2. The largest absolute Gasteiger partial charge is 0.322 e. The lowest BCUT2D eigenvalue weighted by Crippen LogP contribution is -2.13. The number of benzene rings is 1. The molecular formula is C12H9NO3. The van der Waals surface area contributed by atoms with Crippen molar-refractivity contribution in [2.45, 2.75) is 6.42 Å². The van der Waals surface area contributed by atoms with Crippen LogP contribution in [0.3, 0.4) is 0 Å². The van der Waals surface area contributed by atoms with E-state index >= 15 is 0 Å². The normalized spacial score (nSPS) is 14.9. The molecule has 0 radical (unpaired) electrons. The summed E-state index contributed by atoms with van der Waals surface area (Å²) in [6.45, 7) is 0. The van der Waals surface area contributed by atoms with Crippen molar-refractivity contribution in [3.05, 3.63) is 42.0 Å². The fourth-order valence-electron chi connectivity index (χ4n) is 1.43. The molecule has 1 amide bonds. The molecule has 1 N–H and O–H groups in total. The maximum absolute atomic E-state index is 11.6. The second-order valence-corrected chi connectivity index (χ2v) is 3.45. The lowest BCUT2D eigenvalue weighted by Gasteiger charge is -2.03. The second kappa shape index (κ2) is 4.10. The molecule has 4 nitrogen and oxygen atoms in total. The number of anilines is 1. The number of hydrogen-bond acceptors (Lipinski definition) is 3. The zero-order valence-corrected chi connectivity index (χ0v) is 8.40. The van der Waals surface area contributed by atoms with Crippen molar-refractivity contribution in [2.75, 3.05) is 5.32 Å². The van der Waals surface area contributed by atoms with Crippen molar-refractivity contribution in [3.63, 3.8) is 0 Å². The molecular weight excluding hydrogens is 206 g/mol. The van der Waals surface area contributed by atoms with E-state index in [1.807, 2.05) is 6.07 Å². The summed E-state index contributed by atoms with van der Waals surface area (Å²) in [5.74, 6) is -1.53. The predicted octanol–water partition coefficient (Wildman–Crippen LogP) is 1.09. The van der Waals surface area contributed by atoms with Crippen molar-refractivity contribution in [1.82, 2.24) is 0 Å². The number of Topliss-reactive ketones (excluding diaryl/α,β-unsaturated/α-hetero) is 1. The number of ketones is 2. The summed E-state index contributed by atoms with van der Waals surface area (Å²) >= 11 is 0. The van der Waals surface area contributed by atoms with Gasteiger partial charge in [-0.25, -0.2) is 0 Å². The van der Waals surface area contributed by atoms with Crippen LogP contribution in [0, 0.1) is 0 Å². The highest BCUT2D eigenvalue weighted by Crippen LogP contribution is 2.14. The van der Waals surface area contributed by atoms with Gasteiger partial charge in [-0.15, -0.1) is 0 Å². The number of carbonyl (C=O) groups excluding carboxylic acids is 3. The van der Waals surface area contributed by atoms with Crippen LogP contribution in [0.4, 0.5) is 5.69 Å². The van der Waals surface area contributed by atoms with Crippen molar-refractivity contribution in [3.8, 4) is 0 Å². The lowest BCUT2D eigenvalue weighted by molar-refractivity contribution is -0.132. The van der Waals surface area contributed by atoms with Crippen LogP contribution in [-0.2, 0) is 14.4 Å². The minimum atomic E-state index is -0.599. The molecule has 0 spiro atoms. The second-order valence-electron chi connectivity index (χ2n) is 3.45. The first-order chi connectivity index (χ1) is 7.66. The first kappa shape index (κ1) is 10.3. The van der Waals surface area contributed by atoms with Crippen LogP contribution in [0.2, 0.25) is 0 Å². The maximum atomic E-state index is 11.6. The van der Waals surface area contributed by atoms with Gasteiger partial charge in [-0.05, 0) is 18.2 Å². The molecule has 0 heterocycles. The van der Waals surface area contributed by atoms with Crippen LogP contribution in [0.25, 0.3) is 0 Å². The molecule has 1 aromatic rings. The van der Waals surface area contributed by atoms with Crippen LogP contribution in [0.1, 0.15) is 6.42 Å². The van der Waals surface area contributed by atoms with E-state index in [9.17, 15) is 14.4 Å². The van der Waals surface area contributed by atoms with E-state index < -0.39 is 17.5 Å². The van der Waals surface area contributed by atoms with Gasteiger partial charge in [0.25, 0.3) is 5.91 Å². The molecule has 1 aliphatic rings. The predicted molar refractivity (Wildman–Crippen MR) is 57.8 cm³/mol. The van der Waals surface area contributed by atoms with E-state index in [0.717, 1.165) is 6.08 Å². The molecule has 4 heteroatoms. The van der Waals surface area contributed by atoms with Crippen LogP contribution in [0.15, 0.2) is 42.0 Å². The summed E-state index contributed by atoms with van der Waals surface area (Å²) in [5.41, 5.74) is 0.860. The van der Waals surface area contributed by atoms with Gasteiger partial charge in [0.1, 0.15) is 0 Å². The van der Waals surface area contributed by atoms with Gasteiger partial charge in [-0.3, -0.25) is 14.4 Å². The SMILES string of the molecule is O=C1C=C(C(=O)Nc2ccccc2)CC1=O. The number of carbonyl (C=O) groups is 3. The molecule has 0 aliphatic heterocycles. The molecule has 0 saturated carbocycles. The first-order valence-corrected chi connectivity index (χ1v) is 4.81. The first-order valence-electron chi connectivity index (χ1n) is 4.81. The Morgan fingerprint density at radius 1 is 1.12 bits per heavy atom. The monoisotopic (exact) mass is 215 g/mol. The number of allylic oxidation sites excluding steroid dienone is 1. The van der Waals surface area contributed by atoms with Crippen molar-refractivity contribution in [1.29, 1.82) is 0 Å². The molecule has 1 aliphatic carbocycles. The summed E-state index contributed by atoms with van der Waals surface area (Å²) in [7, 11) is 0. The highest BCUT2D eigenvalue weighted by molar-refractivity contribution is 6.46. The summed E-state index contributed by atoms with van der Waals surface area (Å²) < 4.78 is 0. The number of rotatable bonds is 2. The minimum absolute atomic E-state index is 0.0997. The Morgan fingerprint density at radius 2 is 1.81 bits per heavy atom. The van der Waals surface area contributed by atoms with Crippen LogP contribution in [-0.4, -0.2) is 17.5 Å². The topological polar surface area (TPSA) is 63.2 Å². The van der Waals surface area contributed by atoms with E-state index in [1.165, 1.54) is 0 Å². The van der Waals surface area contributed by atoms with Gasteiger partial charge in [0.2, 0.25) is 11.6 Å². The van der Waals surface area contributed by atoms with E-state index in [0.29, 0.717) is 5.69 Å². The quantitative estimate of drug-likeness (QED) is 0.751. The van der Waals surface area contributed by atoms with Gasteiger partial charge < -0.3 is 5.32 Å². The number of amides is 1. The van der Waals surface area contributed by atoms with Gasteiger partial charge in [-0.1, -0.05) is 18.2 Å². The van der Waals surface area contributed by atoms with Crippen LogP contribution in [0.5, 0.6) is 0 Å². The Kier molecular flexibility index (Phi) is 2.64. The van der Waals surface area contributed by atoms with E-state index in [1.54, 1.807) is 24.3 Å². The number of hydrogen-bond donors (Lipinski definition) is 1. The number of nitrogens with one attached hydrogen (secondary N) is 1. The summed E-state index contributed by atoms with van der Waals surface area (Å²) in [6.07, 6.45) is 0.998. The Bertz CT molecular complexity index is 488. The fourth-order valence-corrected chi connectivity index (χ4v) is 1.43. The standard InChI is InChI=1S/C12H9NO3/c14-10-6-8(7-11(10)15)12(16)13-9-4-2-1-3-5-9/h1-6H,7H2,(H,13,16). The van der Waals surface area contributed by atoms with Crippen molar-refractivity contribution >= 4 is 23.2 Å². The van der Waals surface area contributed by atoms with Crippen LogP contribution >= 0.6 is 0 Å². The third kappa shape index (κ3) is 2.06. The Balaban J connectivity index is 2.08. The van der Waals surface area contributed by atoms with E-state index in [2.05, 4.69) is 5.32 Å². The smallest absolute Gasteiger partial charge is 0.252 e. The average Bonchev–Trinajstić information content (AvgIpc) is 2.61. The maximum Gasteiger partial charge on any atom is 0.252 e. The number of para-hydroxylation sites is 1. The molecule has 0 unspecified atom stereocenters. The molecule has 0 fully saturated rings. The average molecular weight is 215 g/mol. The van der Waals surface area contributed by atoms with Crippen LogP contribution < -0.4 is 5.32 Å².